The van der Waals surface area contributed by atoms with Gasteiger partial charge in [-0.2, -0.15) is 13.2 Å². The van der Waals surface area contributed by atoms with Gasteiger partial charge in [0.2, 0.25) is 5.91 Å². The first kappa shape index (κ1) is 24.8. The van der Waals surface area contributed by atoms with Crippen molar-refractivity contribution in [3.8, 4) is 0 Å². The van der Waals surface area contributed by atoms with Crippen LogP contribution in [0.25, 0.3) is 0 Å². The number of benzene rings is 1. The van der Waals surface area contributed by atoms with Gasteiger partial charge in [0, 0.05) is 22.2 Å². The minimum atomic E-state index is -4.81. The van der Waals surface area contributed by atoms with E-state index in [1.165, 1.54) is 18.2 Å². The average Bonchev–Trinajstić information content (AvgIpc) is 3.46. The van der Waals surface area contributed by atoms with Gasteiger partial charge in [0.25, 0.3) is 11.5 Å². The molecule has 0 radical (unpaired) electrons. The van der Waals surface area contributed by atoms with Crippen molar-refractivity contribution < 1.29 is 27.6 Å². The van der Waals surface area contributed by atoms with E-state index in [2.05, 4.69) is 15.8 Å². The zero-order valence-electron chi connectivity index (χ0n) is 17.9. The molecule has 2 aliphatic rings. The van der Waals surface area contributed by atoms with Crippen LogP contribution in [0.1, 0.15) is 51.0 Å². The molecule has 0 saturated heterocycles. The van der Waals surface area contributed by atoms with Gasteiger partial charge >= 0.3 is 6.18 Å². The van der Waals surface area contributed by atoms with E-state index in [9.17, 15) is 22.8 Å². The van der Waals surface area contributed by atoms with Crippen LogP contribution in [0.5, 0.6) is 0 Å². The summed E-state index contributed by atoms with van der Waals surface area (Å²) < 4.78 is 43.0. The van der Waals surface area contributed by atoms with Crippen molar-refractivity contribution in [1.29, 1.82) is 0 Å². The molecule has 0 bridgehead atoms. The fraction of sp³-hybridized carbons (Fsp3) is 0.409. The number of thiophene rings is 1. The highest BCUT2D eigenvalue weighted by atomic mass is 35.5. The van der Waals surface area contributed by atoms with E-state index in [0.29, 0.717) is 29.1 Å². The Labute approximate surface area is 207 Å². The van der Waals surface area contributed by atoms with Gasteiger partial charge in [0.05, 0.1) is 22.7 Å². The fourth-order valence-electron chi connectivity index (χ4n) is 4.20. The van der Waals surface area contributed by atoms with Gasteiger partial charge in [-0.05, 0) is 55.5 Å². The van der Waals surface area contributed by atoms with E-state index in [4.69, 9.17) is 28.0 Å². The lowest BCUT2D eigenvalue weighted by molar-refractivity contribution is -0.275. The van der Waals surface area contributed by atoms with Crippen molar-refractivity contribution in [3.05, 3.63) is 54.7 Å². The Kier molecular flexibility index (Phi) is 6.85. The third kappa shape index (κ3) is 4.50. The summed E-state index contributed by atoms with van der Waals surface area (Å²) in [5, 5.41) is 9.10. The molecule has 1 unspecified atom stereocenters. The number of rotatable bonds is 6. The van der Waals surface area contributed by atoms with Crippen molar-refractivity contribution in [2.45, 2.75) is 44.4 Å². The number of oxime groups is 1. The number of carbonyl (C=O) groups excluding carboxylic acids is 2. The maximum atomic E-state index is 14.3. The molecule has 0 saturated carbocycles. The van der Waals surface area contributed by atoms with Crippen LogP contribution >= 0.6 is 34.5 Å². The van der Waals surface area contributed by atoms with Gasteiger partial charge in [-0.3, -0.25) is 9.59 Å². The highest BCUT2D eigenvalue weighted by Gasteiger charge is 2.62. The molecule has 1 aromatic heterocycles. The summed E-state index contributed by atoms with van der Waals surface area (Å²) in [5.74, 6) is -0.767. The number of fused-ring (bicyclic) bond motifs is 1. The molecule has 4 rings (SSSR count). The highest BCUT2D eigenvalue weighted by Crippen LogP contribution is 2.51. The Morgan fingerprint density at radius 1 is 1.15 bits per heavy atom. The molecule has 0 spiro atoms. The standard InChI is InChI=1S/C22H20Cl2F3N3O3S/c1-2-28-17(31)10-29-20(32)19-15-5-3-4-14(15)18(34-19)16-9-21(33-30-16,22(25,26)27)11-6-12(23)8-13(24)7-11/h6-8H,2-5,9-10H2,1H3,(H,28,31)(H,29,32). The van der Waals surface area contributed by atoms with Crippen LogP contribution in [-0.2, 0) is 28.1 Å². The molecule has 34 heavy (non-hydrogen) atoms. The van der Waals surface area contributed by atoms with Gasteiger partial charge < -0.3 is 15.5 Å². The second kappa shape index (κ2) is 9.39. The molecule has 1 atom stereocenters. The lowest BCUT2D eigenvalue weighted by Crippen LogP contribution is -2.42. The number of nitrogens with one attached hydrogen (secondary N) is 2. The van der Waals surface area contributed by atoms with Crippen molar-refractivity contribution in [2.24, 2.45) is 5.16 Å². The number of hydrogen-bond acceptors (Lipinski definition) is 5. The molecule has 182 valence electrons. The van der Waals surface area contributed by atoms with Crippen LogP contribution in [0, 0.1) is 0 Å². The Bertz CT molecular complexity index is 1160. The lowest BCUT2D eigenvalue weighted by atomic mass is 9.87. The first-order chi connectivity index (χ1) is 16.1. The zero-order chi connectivity index (χ0) is 24.7. The lowest BCUT2D eigenvalue weighted by Gasteiger charge is -2.29. The largest absolute Gasteiger partial charge is 0.435 e. The number of alkyl halides is 3. The molecule has 2 aromatic rings. The molecule has 6 nitrogen and oxygen atoms in total. The maximum Gasteiger partial charge on any atom is 0.435 e. The van der Waals surface area contributed by atoms with Gasteiger partial charge in [0.15, 0.2) is 0 Å². The molecule has 2 N–H and O–H groups in total. The molecule has 12 heteroatoms. The molecule has 1 aliphatic carbocycles. The Morgan fingerprint density at radius 3 is 2.47 bits per heavy atom. The summed E-state index contributed by atoms with van der Waals surface area (Å²) in [7, 11) is 0. The normalized spacial score (nSPS) is 19.4. The monoisotopic (exact) mass is 533 g/mol. The summed E-state index contributed by atoms with van der Waals surface area (Å²) in [6.45, 7) is 2.01. The topological polar surface area (TPSA) is 79.8 Å². The van der Waals surface area contributed by atoms with Gasteiger partial charge in [0.1, 0.15) is 5.71 Å². The second-order valence-corrected chi connectivity index (χ2v) is 9.89. The summed E-state index contributed by atoms with van der Waals surface area (Å²) >= 11 is 13.0. The third-order valence-electron chi connectivity index (χ3n) is 5.74. The SMILES string of the molecule is CCNC(=O)CNC(=O)c1sc(C2=NOC(c3cc(Cl)cc(Cl)c3)(C(F)(F)F)C2)c2c1CCC2. The smallest absolute Gasteiger partial charge is 0.374 e. The second-order valence-electron chi connectivity index (χ2n) is 8.00. The Balaban J connectivity index is 1.65. The van der Waals surface area contributed by atoms with Crippen molar-refractivity contribution in [1.82, 2.24) is 10.6 Å². The van der Waals surface area contributed by atoms with Gasteiger partial charge in [-0.1, -0.05) is 28.4 Å². The van der Waals surface area contributed by atoms with E-state index in [1.54, 1.807) is 6.92 Å². The summed E-state index contributed by atoms with van der Waals surface area (Å²) in [6.07, 6.45) is -3.38. The minimum Gasteiger partial charge on any atom is -0.374 e. The van der Waals surface area contributed by atoms with Crippen molar-refractivity contribution in [3.63, 3.8) is 0 Å². The van der Waals surface area contributed by atoms with E-state index in [1.807, 2.05) is 0 Å². The molecule has 2 amide bonds. The van der Waals surface area contributed by atoms with Crippen LogP contribution in [0.4, 0.5) is 13.2 Å². The summed E-state index contributed by atoms with van der Waals surface area (Å²) in [4.78, 5) is 30.4. The van der Waals surface area contributed by atoms with Crippen LogP contribution in [0.15, 0.2) is 23.4 Å². The van der Waals surface area contributed by atoms with Gasteiger partial charge in [-0.15, -0.1) is 11.3 Å². The van der Waals surface area contributed by atoms with Crippen molar-refractivity contribution in [2.75, 3.05) is 13.1 Å². The predicted octanol–water partition coefficient (Wildman–Crippen LogP) is 4.99. The van der Waals surface area contributed by atoms with Crippen LogP contribution in [-0.4, -0.2) is 36.8 Å². The van der Waals surface area contributed by atoms with Crippen LogP contribution in [0.3, 0.4) is 0 Å². The number of carbonyl (C=O) groups is 2. The first-order valence-corrected chi connectivity index (χ1v) is 12.1. The summed E-state index contributed by atoms with van der Waals surface area (Å²) in [5.41, 5.74) is -1.29. The summed E-state index contributed by atoms with van der Waals surface area (Å²) in [6, 6.07) is 3.67. The van der Waals surface area contributed by atoms with E-state index in [-0.39, 0.29) is 33.8 Å². The third-order valence-corrected chi connectivity index (χ3v) is 7.50. The molecular weight excluding hydrogens is 514 g/mol. The average molecular weight is 534 g/mol. The zero-order valence-corrected chi connectivity index (χ0v) is 20.3. The number of amides is 2. The highest BCUT2D eigenvalue weighted by molar-refractivity contribution is 7.16. The number of nitrogens with zero attached hydrogens (tertiary/aromatic N) is 1. The Hall–Kier alpha value is -2.30. The van der Waals surface area contributed by atoms with E-state index < -0.39 is 24.1 Å². The minimum absolute atomic E-state index is 0.0475. The van der Waals surface area contributed by atoms with Crippen LogP contribution in [0.2, 0.25) is 10.0 Å². The van der Waals surface area contributed by atoms with E-state index >= 15 is 0 Å². The Morgan fingerprint density at radius 2 is 1.82 bits per heavy atom. The molecular formula is C22H20Cl2F3N3O3S. The first-order valence-electron chi connectivity index (χ1n) is 10.5. The molecule has 1 aliphatic heterocycles. The van der Waals surface area contributed by atoms with Gasteiger partial charge in [-0.25, -0.2) is 0 Å². The fourth-order valence-corrected chi connectivity index (χ4v) is 6.02. The predicted molar refractivity (Wildman–Crippen MR) is 124 cm³/mol. The molecule has 0 fully saturated rings. The quantitative estimate of drug-likeness (QED) is 0.548. The molecule has 1 aromatic carbocycles. The number of halogens is 5. The maximum absolute atomic E-state index is 14.3. The number of hydrogen-bond donors (Lipinski definition) is 2. The van der Waals surface area contributed by atoms with Crippen LogP contribution < -0.4 is 10.6 Å². The molecule has 2 heterocycles. The van der Waals surface area contributed by atoms with Crippen molar-refractivity contribution >= 4 is 52.1 Å². The van der Waals surface area contributed by atoms with E-state index in [0.717, 1.165) is 28.9 Å². The number of likely N-dealkylation sites (N-methyl/N-ethyl adjacent to an activating group) is 1.